The van der Waals surface area contributed by atoms with Crippen LogP contribution in [0.3, 0.4) is 0 Å². The zero-order valence-electron chi connectivity index (χ0n) is 13.2. The van der Waals surface area contributed by atoms with E-state index in [1.54, 1.807) is 27.7 Å². The maximum absolute atomic E-state index is 11.7. The van der Waals surface area contributed by atoms with Crippen molar-refractivity contribution in [3.05, 3.63) is 0 Å². The summed E-state index contributed by atoms with van der Waals surface area (Å²) in [6.07, 6.45) is -0.293. The van der Waals surface area contributed by atoms with Crippen molar-refractivity contribution in [3.8, 4) is 0 Å². The number of hydrogen-bond donors (Lipinski definition) is 2. The van der Waals surface area contributed by atoms with Crippen LogP contribution in [0, 0.1) is 5.92 Å². The Labute approximate surface area is 120 Å². The zero-order chi connectivity index (χ0) is 15.9. The average Bonchev–Trinajstić information content (AvgIpc) is 2.30. The highest BCUT2D eigenvalue weighted by molar-refractivity contribution is 5.90. The van der Waals surface area contributed by atoms with Crippen molar-refractivity contribution in [1.29, 1.82) is 0 Å². The fourth-order valence-corrected chi connectivity index (χ4v) is 1.53. The van der Waals surface area contributed by atoms with Crippen molar-refractivity contribution in [2.75, 3.05) is 6.54 Å². The van der Waals surface area contributed by atoms with E-state index >= 15 is 0 Å². The van der Waals surface area contributed by atoms with Gasteiger partial charge in [-0.15, -0.1) is 0 Å². The number of amides is 2. The third-order valence-electron chi connectivity index (χ3n) is 2.47. The van der Waals surface area contributed by atoms with Crippen molar-refractivity contribution in [1.82, 2.24) is 10.6 Å². The molecule has 0 radical (unpaired) electrons. The minimum Gasteiger partial charge on any atom is -0.444 e. The third-order valence-corrected chi connectivity index (χ3v) is 2.47. The van der Waals surface area contributed by atoms with Crippen LogP contribution in [-0.2, 0) is 14.3 Å². The van der Waals surface area contributed by atoms with Crippen LogP contribution >= 0.6 is 0 Å². The quantitative estimate of drug-likeness (QED) is 0.777. The number of alkyl carbamates (subject to hydrolysis) is 1. The van der Waals surface area contributed by atoms with Gasteiger partial charge in [0, 0.05) is 6.42 Å². The Morgan fingerprint density at radius 2 is 1.70 bits per heavy atom. The van der Waals surface area contributed by atoms with E-state index in [4.69, 9.17) is 4.74 Å². The van der Waals surface area contributed by atoms with Gasteiger partial charge in [0.15, 0.2) is 5.78 Å². The zero-order valence-corrected chi connectivity index (χ0v) is 13.2. The van der Waals surface area contributed by atoms with Gasteiger partial charge in [0.1, 0.15) is 12.1 Å². The van der Waals surface area contributed by atoms with Crippen molar-refractivity contribution in [2.45, 2.75) is 59.6 Å². The molecule has 1 atom stereocenters. The minimum absolute atomic E-state index is 0.00734. The number of ketones is 1. The third kappa shape index (κ3) is 7.76. The first kappa shape index (κ1) is 18.4. The highest BCUT2D eigenvalue weighted by atomic mass is 16.6. The summed E-state index contributed by atoms with van der Waals surface area (Å²) in [7, 11) is 0. The molecule has 0 saturated carbocycles. The van der Waals surface area contributed by atoms with E-state index < -0.39 is 23.6 Å². The molecular weight excluding hydrogens is 260 g/mol. The minimum atomic E-state index is -0.657. The van der Waals surface area contributed by atoms with Gasteiger partial charge < -0.3 is 15.4 Å². The molecule has 0 rings (SSSR count). The SMILES string of the molecule is CCC(=O)C(NC(=O)CNC(=O)OC(C)(C)C)C(C)C. The number of carbonyl (C=O) groups excluding carboxylic acids is 3. The van der Waals surface area contributed by atoms with Crippen LogP contribution in [0.1, 0.15) is 48.0 Å². The summed E-state index contributed by atoms with van der Waals surface area (Å²) in [5.41, 5.74) is -0.612. The molecule has 6 heteroatoms. The van der Waals surface area contributed by atoms with E-state index in [1.165, 1.54) is 0 Å². The van der Waals surface area contributed by atoms with Crippen LogP contribution in [0.15, 0.2) is 0 Å². The summed E-state index contributed by atoms with van der Waals surface area (Å²) < 4.78 is 5.01. The molecule has 20 heavy (non-hydrogen) atoms. The number of hydrogen-bond acceptors (Lipinski definition) is 4. The Morgan fingerprint density at radius 1 is 1.15 bits per heavy atom. The summed E-state index contributed by atoms with van der Waals surface area (Å²) in [5.74, 6) is -0.421. The molecule has 6 nitrogen and oxygen atoms in total. The molecule has 2 N–H and O–H groups in total. The van der Waals surface area contributed by atoms with Crippen molar-refractivity contribution >= 4 is 17.8 Å². The molecule has 0 aromatic rings. The molecule has 0 aliphatic carbocycles. The molecule has 116 valence electrons. The van der Waals surface area contributed by atoms with Gasteiger partial charge in [-0.05, 0) is 26.7 Å². The number of ether oxygens (including phenoxy) is 1. The fraction of sp³-hybridized carbons (Fsp3) is 0.786. The van der Waals surface area contributed by atoms with E-state index in [0.717, 1.165) is 0 Å². The van der Waals surface area contributed by atoms with Crippen LogP contribution in [0.2, 0.25) is 0 Å². The average molecular weight is 286 g/mol. The highest BCUT2D eigenvalue weighted by Gasteiger charge is 2.23. The summed E-state index contributed by atoms with van der Waals surface area (Å²) in [4.78, 5) is 34.8. The predicted octanol–water partition coefficient (Wildman–Crippen LogP) is 1.63. The van der Waals surface area contributed by atoms with E-state index in [0.29, 0.717) is 6.42 Å². The molecule has 0 bridgehead atoms. The largest absolute Gasteiger partial charge is 0.444 e. The van der Waals surface area contributed by atoms with Crippen LogP contribution < -0.4 is 10.6 Å². The lowest BCUT2D eigenvalue weighted by Gasteiger charge is -2.22. The van der Waals surface area contributed by atoms with E-state index in [2.05, 4.69) is 10.6 Å². The number of rotatable bonds is 6. The lowest BCUT2D eigenvalue weighted by Crippen LogP contribution is -2.48. The smallest absolute Gasteiger partial charge is 0.408 e. The Bertz CT molecular complexity index is 359. The van der Waals surface area contributed by atoms with Gasteiger partial charge in [-0.2, -0.15) is 0 Å². The topological polar surface area (TPSA) is 84.5 Å². The predicted molar refractivity (Wildman–Crippen MR) is 76.3 cm³/mol. The molecule has 0 aromatic carbocycles. The first-order chi connectivity index (χ1) is 9.06. The first-order valence-corrected chi connectivity index (χ1v) is 6.85. The maximum Gasteiger partial charge on any atom is 0.408 e. The molecular formula is C14H26N2O4. The van der Waals surface area contributed by atoms with Crippen molar-refractivity contribution in [2.24, 2.45) is 5.92 Å². The molecule has 1 unspecified atom stereocenters. The highest BCUT2D eigenvalue weighted by Crippen LogP contribution is 2.06. The molecule has 0 spiro atoms. The van der Waals surface area contributed by atoms with Crippen LogP contribution in [-0.4, -0.2) is 36.0 Å². The Hall–Kier alpha value is -1.59. The Kier molecular flexibility index (Phi) is 7.24. The molecule has 2 amide bonds. The molecule has 0 aliphatic rings. The standard InChI is InChI=1S/C14H26N2O4/c1-7-10(17)12(9(2)3)16-11(18)8-15-13(19)20-14(4,5)6/h9,12H,7-8H2,1-6H3,(H,15,19)(H,16,18). The van der Waals surface area contributed by atoms with E-state index in [9.17, 15) is 14.4 Å². The van der Waals surface area contributed by atoms with Gasteiger partial charge >= 0.3 is 6.09 Å². The van der Waals surface area contributed by atoms with Crippen LogP contribution in [0.4, 0.5) is 4.79 Å². The molecule has 0 saturated heterocycles. The number of nitrogens with one attached hydrogen (secondary N) is 2. The fourth-order valence-electron chi connectivity index (χ4n) is 1.53. The lowest BCUT2D eigenvalue weighted by molar-refractivity contribution is -0.128. The molecule has 0 fully saturated rings. The molecule has 0 aromatic heterocycles. The number of Topliss-reactive ketones (excluding diaryl/α,β-unsaturated/α-hetero) is 1. The van der Waals surface area contributed by atoms with Gasteiger partial charge in [-0.25, -0.2) is 4.79 Å². The second-order valence-electron chi connectivity index (χ2n) is 5.96. The van der Waals surface area contributed by atoms with Gasteiger partial charge in [0.25, 0.3) is 0 Å². The second-order valence-corrected chi connectivity index (χ2v) is 5.96. The summed E-state index contributed by atoms with van der Waals surface area (Å²) in [6, 6.07) is -0.520. The van der Waals surface area contributed by atoms with Crippen molar-refractivity contribution in [3.63, 3.8) is 0 Å². The summed E-state index contributed by atoms with van der Waals surface area (Å²) in [6.45, 7) is 10.5. The normalized spacial score (nSPS) is 12.8. The Balaban J connectivity index is 4.28. The van der Waals surface area contributed by atoms with Crippen LogP contribution in [0.25, 0.3) is 0 Å². The summed E-state index contributed by atoms with van der Waals surface area (Å²) >= 11 is 0. The van der Waals surface area contributed by atoms with Crippen molar-refractivity contribution < 1.29 is 19.1 Å². The van der Waals surface area contributed by atoms with Crippen LogP contribution in [0.5, 0.6) is 0 Å². The van der Waals surface area contributed by atoms with E-state index in [1.807, 2.05) is 13.8 Å². The lowest BCUT2D eigenvalue weighted by atomic mass is 9.98. The number of carbonyl (C=O) groups is 3. The second kappa shape index (κ2) is 7.87. The first-order valence-electron chi connectivity index (χ1n) is 6.85. The Morgan fingerprint density at radius 3 is 2.10 bits per heavy atom. The molecule has 0 heterocycles. The van der Waals surface area contributed by atoms with Gasteiger partial charge in [0.2, 0.25) is 5.91 Å². The maximum atomic E-state index is 11.7. The van der Waals surface area contributed by atoms with Gasteiger partial charge in [0.05, 0.1) is 6.04 Å². The monoisotopic (exact) mass is 286 g/mol. The molecule has 0 aliphatic heterocycles. The van der Waals surface area contributed by atoms with E-state index in [-0.39, 0.29) is 18.2 Å². The van der Waals surface area contributed by atoms with Gasteiger partial charge in [-0.3, -0.25) is 9.59 Å². The van der Waals surface area contributed by atoms with Gasteiger partial charge in [-0.1, -0.05) is 20.8 Å². The summed E-state index contributed by atoms with van der Waals surface area (Å²) in [5, 5.41) is 4.98.